The van der Waals surface area contributed by atoms with Crippen molar-refractivity contribution in [1.29, 1.82) is 0 Å². The van der Waals surface area contributed by atoms with Gasteiger partial charge in [-0.3, -0.25) is 10.1 Å². The molecule has 3 rings (SSSR count). The second-order valence-corrected chi connectivity index (χ2v) is 7.45. The van der Waals surface area contributed by atoms with Crippen molar-refractivity contribution in [2.24, 2.45) is 0 Å². The second-order valence-electron chi connectivity index (χ2n) is 6.42. The Morgan fingerprint density at radius 2 is 1.77 bits per heavy atom. The highest BCUT2D eigenvalue weighted by atomic mass is 32.1. The number of benzene rings is 1. The zero-order valence-corrected chi connectivity index (χ0v) is 15.2. The molecule has 0 atom stereocenters. The molecule has 0 unspecified atom stereocenters. The molecule has 1 aliphatic rings. The monoisotopic (exact) mass is 378 g/mol. The summed E-state index contributed by atoms with van der Waals surface area (Å²) in [5, 5.41) is 6.71. The molecule has 3 amide bonds. The van der Waals surface area contributed by atoms with Gasteiger partial charge in [0.1, 0.15) is 38.5 Å². The highest BCUT2D eigenvalue weighted by molar-refractivity contribution is 7.09. The fourth-order valence-electron chi connectivity index (χ4n) is 3.08. The van der Waals surface area contributed by atoms with Gasteiger partial charge in [-0.1, -0.05) is 18.2 Å². The average Bonchev–Trinajstić information content (AvgIpc) is 3.11. The lowest BCUT2D eigenvalue weighted by Crippen LogP contribution is -3.28. The number of urea groups is 1. The fourth-order valence-corrected chi connectivity index (χ4v) is 3.86. The number of amides is 3. The number of hydrogen-bond donors (Lipinski definition) is 4. The molecule has 1 aliphatic heterocycles. The Balaban J connectivity index is 1.38. The number of halogens is 1. The summed E-state index contributed by atoms with van der Waals surface area (Å²) in [4.78, 5) is 27.9. The number of hydrogen-bond acceptors (Lipinski definition) is 3. The van der Waals surface area contributed by atoms with Gasteiger partial charge in [0.2, 0.25) is 0 Å². The lowest BCUT2D eigenvalue weighted by Gasteiger charge is -2.29. The van der Waals surface area contributed by atoms with Crippen LogP contribution < -0.4 is 20.4 Å². The molecule has 1 aromatic heterocycles. The first kappa shape index (κ1) is 18.5. The van der Waals surface area contributed by atoms with Crippen molar-refractivity contribution in [3.05, 3.63) is 52.5 Å². The van der Waals surface area contributed by atoms with Crippen molar-refractivity contribution in [2.75, 3.05) is 38.0 Å². The van der Waals surface area contributed by atoms with Crippen LogP contribution in [-0.4, -0.2) is 44.7 Å². The molecular formula is C18H23FN4O2S+2. The first-order valence-electron chi connectivity index (χ1n) is 8.65. The van der Waals surface area contributed by atoms with E-state index in [9.17, 15) is 14.0 Å². The Labute approximate surface area is 155 Å². The Hall–Kier alpha value is -2.29. The fraction of sp³-hybridized carbons (Fsp3) is 0.333. The number of anilines is 1. The van der Waals surface area contributed by atoms with Gasteiger partial charge in [-0.05, 0) is 23.6 Å². The van der Waals surface area contributed by atoms with E-state index in [1.165, 1.54) is 28.0 Å². The van der Waals surface area contributed by atoms with E-state index < -0.39 is 11.8 Å². The molecule has 6 nitrogen and oxygen atoms in total. The maximum absolute atomic E-state index is 13.5. The quantitative estimate of drug-likeness (QED) is 0.568. The molecule has 8 heteroatoms. The van der Waals surface area contributed by atoms with Crippen LogP contribution in [0.5, 0.6) is 0 Å². The zero-order chi connectivity index (χ0) is 18.4. The molecule has 0 saturated carbocycles. The largest absolute Gasteiger partial charge is 0.326 e. The first-order chi connectivity index (χ1) is 12.6. The molecule has 138 valence electrons. The number of thiophene rings is 1. The summed E-state index contributed by atoms with van der Waals surface area (Å²) < 4.78 is 13.5. The number of imide groups is 1. The van der Waals surface area contributed by atoms with Gasteiger partial charge >= 0.3 is 6.03 Å². The van der Waals surface area contributed by atoms with Crippen LogP contribution >= 0.6 is 11.3 Å². The van der Waals surface area contributed by atoms with Crippen molar-refractivity contribution in [3.63, 3.8) is 0 Å². The molecule has 0 spiro atoms. The lowest BCUT2D eigenvalue weighted by atomic mass is 10.3. The molecule has 2 heterocycles. The number of carbonyl (C=O) groups is 2. The molecule has 1 aromatic carbocycles. The average molecular weight is 378 g/mol. The van der Waals surface area contributed by atoms with Crippen LogP contribution in [0.2, 0.25) is 0 Å². The van der Waals surface area contributed by atoms with Gasteiger partial charge in [-0.25, -0.2) is 9.18 Å². The minimum atomic E-state index is -0.707. The van der Waals surface area contributed by atoms with E-state index in [2.05, 4.69) is 28.1 Å². The number of quaternary nitrogens is 2. The topological polar surface area (TPSA) is 67.1 Å². The number of carbonyl (C=O) groups excluding carboxylic acids is 2. The van der Waals surface area contributed by atoms with Crippen molar-refractivity contribution >= 4 is 29.0 Å². The number of para-hydroxylation sites is 1. The minimum Gasteiger partial charge on any atom is -0.321 e. The van der Waals surface area contributed by atoms with E-state index in [4.69, 9.17) is 0 Å². The standard InChI is InChI=1S/C18H21FN4O2S/c19-15-5-1-2-6-16(15)20-18(25)21-17(24)13-23-9-7-22(8-10-23)12-14-4-3-11-26-14/h1-6,11H,7-10,12-13H2,(H2,20,21,24,25)/p+2. The molecule has 1 saturated heterocycles. The summed E-state index contributed by atoms with van der Waals surface area (Å²) in [7, 11) is 0. The third kappa shape index (κ3) is 5.35. The number of piperazine rings is 1. The maximum atomic E-state index is 13.5. The zero-order valence-electron chi connectivity index (χ0n) is 14.4. The Morgan fingerprint density at radius 3 is 2.46 bits per heavy atom. The van der Waals surface area contributed by atoms with Crippen LogP contribution in [0, 0.1) is 5.82 Å². The maximum Gasteiger partial charge on any atom is 0.326 e. The Morgan fingerprint density at radius 1 is 1.04 bits per heavy atom. The van der Waals surface area contributed by atoms with Gasteiger partial charge in [0.15, 0.2) is 6.54 Å². The predicted octanol–water partition coefficient (Wildman–Crippen LogP) is -0.481. The van der Waals surface area contributed by atoms with Crippen LogP contribution in [0.3, 0.4) is 0 Å². The van der Waals surface area contributed by atoms with Gasteiger partial charge in [0.25, 0.3) is 5.91 Å². The third-order valence-electron chi connectivity index (χ3n) is 4.45. The van der Waals surface area contributed by atoms with Crippen LogP contribution in [-0.2, 0) is 11.3 Å². The summed E-state index contributed by atoms with van der Waals surface area (Å²) in [6.45, 7) is 5.06. The number of nitrogens with one attached hydrogen (secondary N) is 4. The van der Waals surface area contributed by atoms with Crippen LogP contribution in [0.25, 0.3) is 0 Å². The molecule has 0 radical (unpaired) electrons. The number of rotatable bonds is 5. The summed E-state index contributed by atoms with van der Waals surface area (Å²) in [6.07, 6.45) is 0. The van der Waals surface area contributed by atoms with Crippen molar-refractivity contribution in [2.45, 2.75) is 6.54 Å². The van der Waals surface area contributed by atoms with Gasteiger partial charge in [0.05, 0.1) is 10.6 Å². The van der Waals surface area contributed by atoms with Gasteiger partial charge in [-0.15, -0.1) is 11.3 Å². The van der Waals surface area contributed by atoms with Crippen LogP contribution in [0.1, 0.15) is 4.88 Å². The first-order valence-corrected chi connectivity index (χ1v) is 9.53. The summed E-state index contributed by atoms with van der Waals surface area (Å²) in [5.74, 6) is -0.888. The normalized spacial score (nSPS) is 19.7. The van der Waals surface area contributed by atoms with Crippen molar-refractivity contribution in [1.82, 2.24) is 5.32 Å². The molecule has 2 aromatic rings. The smallest absolute Gasteiger partial charge is 0.321 e. The second kappa shape index (κ2) is 8.88. The van der Waals surface area contributed by atoms with E-state index in [0.29, 0.717) is 0 Å². The van der Waals surface area contributed by atoms with Gasteiger partial charge in [-0.2, -0.15) is 0 Å². The van der Waals surface area contributed by atoms with Crippen molar-refractivity contribution < 1.29 is 23.8 Å². The highest BCUT2D eigenvalue weighted by Gasteiger charge is 2.25. The van der Waals surface area contributed by atoms with Crippen LogP contribution in [0.4, 0.5) is 14.9 Å². The summed E-state index contributed by atoms with van der Waals surface area (Å²) in [5.41, 5.74) is 0.0518. The highest BCUT2D eigenvalue weighted by Crippen LogP contribution is 2.11. The van der Waals surface area contributed by atoms with E-state index >= 15 is 0 Å². The van der Waals surface area contributed by atoms with E-state index in [-0.39, 0.29) is 18.1 Å². The minimum absolute atomic E-state index is 0.0518. The lowest BCUT2D eigenvalue weighted by molar-refractivity contribution is -1.01. The molecular weight excluding hydrogens is 355 g/mol. The van der Waals surface area contributed by atoms with E-state index in [1.54, 1.807) is 17.4 Å². The molecule has 4 N–H and O–H groups in total. The van der Waals surface area contributed by atoms with Crippen molar-refractivity contribution in [3.8, 4) is 0 Å². The van der Waals surface area contributed by atoms with Gasteiger partial charge < -0.3 is 15.1 Å². The Bertz CT molecular complexity index is 745. The summed E-state index contributed by atoms with van der Waals surface area (Å²) in [6, 6.07) is 9.35. The summed E-state index contributed by atoms with van der Waals surface area (Å²) >= 11 is 1.77. The molecule has 26 heavy (non-hydrogen) atoms. The third-order valence-corrected chi connectivity index (χ3v) is 5.33. The van der Waals surface area contributed by atoms with Crippen LogP contribution in [0.15, 0.2) is 41.8 Å². The molecule has 1 fully saturated rings. The molecule has 0 aliphatic carbocycles. The SMILES string of the molecule is O=C(C[NH+]1CC[NH+](Cc2cccs2)CC1)NC(=O)Nc1ccccc1F. The van der Waals surface area contributed by atoms with Gasteiger partial charge in [0, 0.05) is 0 Å². The van der Waals surface area contributed by atoms with E-state index in [1.807, 2.05) is 0 Å². The Kier molecular flexibility index (Phi) is 6.32. The van der Waals surface area contributed by atoms with E-state index in [0.717, 1.165) is 37.6 Å². The predicted molar refractivity (Wildman–Crippen MR) is 97.8 cm³/mol. The molecule has 0 bridgehead atoms.